The van der Waals surface area contributed by atoms with Crippen molar-refractivity contribution in [3.63, 3.8) is 0 Å². The number of nitrogens with two attached hydrogens (primary N) is 1. The summed E-state index contributed by atoms with van der Waals surface area (Å²) < 4.78 is 1.98. The Morgan fingerprint density at radius 3 is 2.68 bits per heavy atom. The predicted octanol–water partition coefficient (Wildman–Crippen LogP) is 3.76. The van der Waals surface area contributed by atoms with Crippen LogP contribution in [0.4, 0.5) is 17.6 Å². The highest BCUT2D eigenvalue weighted by Crippen LogP contribution is 2.39. The van der Waals surface area contributed by atoms with E-state index < -0.39 is 0 Å². The van der Waals surface area contributed by atoms with Crippen LogP contribution in [0.25, 0.3) is 11.2 Å². The topological polar surface area (TPSA) is 155 Å². The van der Waals surface area contributed by atoms with E-state index in [9.17, 15) is 15.2 Å². The maximum atomic E-state index is 11.7. The zero-order valence-corrected chi connectivity index (χ0v) is 19.9. The molecule has 1 atom stereocenters. The van der Waals surface area contributed by atoms with E-state index in [1.165, 1.54) is 0 Å². The average Bonchev–Trinajstić information content (AvgIpc) is 3.19. The molecule has 34 heavy (non-hydrogen) atoms. The van der Waals surface area contributed by atoms with Crippen molar-refractivity contribution in [2.45, 2.75) is 44.7 Å². The molecule has 0 unspecified atom stereocenters. The Morgan fingerprint density at radius 2 is 2.03 bits per heavy atom. The molecule has 1 fully saturated rings. The molecule has 5 N–H and O–H groups in total. The van der Waals surface area contributed by atoms with Crippen LogP contribution in [0.1, 0.15) is 44.2 Å². The van der Waals surface area contributed by atoms with Crippen molar-refractivity contribution in [2.24, 2.45) is 11.7 Å². The Bertz CT molecular complexity index is 1260. The quantitative estimate of drug-likeness (QED) is 0.380. The van der Waals surface area contributed by atoms with E-state index in [1.54, 1.807) is 18.3 Å². The number of nitriles is 1. The fourth-order valence-corrected chi connectivity index (χ4v) is 4.55. The molecular formula is C22H24Cl2N8O2. The number of primary amides is 1. The molecular weight excluding hydrogens is 479 g/mol. The summed E-state index contributed by atoms with van der Waals surface area (Å²) in [6.07, 6.45) is 4.38. The number of hydrogen-bond donors (Lipinski definition) is 4. The number of anilines is 3. The van der Waals surface area contributed by atoms with Gasteiger partial charge < -0.3 is 21.5 Å². The van der Waals surface area contributed by atoms with E-state index in [4.69, 9.17) is 28.9 Å². The van der Waals surface area contributed by atoms with Crippen molar-refractivity contribution in [2.75, 3.05) is 17.2 Å². The molecule has 2 aromatic heterocycles. The van der Waals surface area contributed by atoms with Gasteiger partial charge in [-0.25, -0.2) is 9.97 Å². The Kier molecular flexibility index (Phi) is 7.07. The molecule has 1 saturated carbocycles. The summed E-state index contributed by atoms with van der Waals surface area (Å²) in [4.78, 5) is 25.3. The first-order chi connectivity index (χ1) is 16.3. The molecule has 0 spiro atoms. The van der Waals surface area contributed by atoms with Crippen molar-refractivity contribution in [3.05, 3.63) is 33.9 Å². The Hall–Kier alpha value is -3.13. The van der Waals surface area contributed by atoms with Crippen LogP contribution in [-0.4, -0.2) is 43.2 Å². The van der Waals surface area contributed by atoms with E-state index in [2.05, 4.69) is 25.6 Å². The van der Waals surface area contributed by atoms with Crippen LogP contribution in [0.3, 0.4) is 0 Å². The number of aliphatic hydroxyl groups is 1. The zero-order chi connectivity index (χ0) is 24.4. The first-order valence-corrected chi connectivity index (χ1v) is 11.6. The second kappa shape index (κ2) is 10.0. The lowest BCUT2D eigenvalue weighted by Gasteiger charge is -2.29. The summed E-state index contributed by atoms with van der Waals surface area (Å²) in [7, 11) is 0. The molecule has 0 aliphatic heterocycles. The van der Waals surface area contributed by atoms with Crippen LogP contribution in [0, 0.1) is 17.2 Å². The number of hydrogen-bond acceptors (Lipinski definition) is 8. The SMILES string of the molecule is C[C@@H](CO)Nc1ncc2nc(Nc3ccc(C#N)c(Cl)c3Cl)n([C@H]3CC[C@H](C(N)=O)CC3)c2n1. The normalized spacial score (nSPS) is 18.9. The fourth-order valence-electron chi connectivity index (χ4n) is 4.13. The van der Waals surface area contributed by atoms with Crippen LogP contribution in [-0.2, 0) is 4.79 Å². The highest BCUT2D eigenvalue weighted by molar-refractivity contribution is 6.44. The number of aromatic nitrogens is 4. The van der Waals surface area contributed by atoms with E-state index in [-0.39, 0.29) is 46.1 Å². The number of rotatable bonds is 7. The predicted molar refractivity (Wildman–Crippen MR) is 130 cm³/mol. The molecule has 1 aliphatic rings. The van der Waals surface area contributed by atoms with Gasteiger partial charge in [0.1, 0.15) is 11.6 Å². The number of nitrogens with one attached hydrogen (secondary N) is 2. The molecule has 0 radical (unpaired) electrons. The smallest absolute Gasteiger partial charge is 0.225 e. The van der Waals surface area contributed by atoms with E-state index in [1.807, 2.05) is 17.6 Å². The van der Waals surface area contributed by atoms with Crippen LogP contribution < -0.4 is 16.4 Å². The standard InChI is InChI=1S/C22H24Cl2N8O2/c1-11(10-33)28-21-27-9-16-20(31-21)32(14-5-2-12(3-6-14)19(26)34)22(30-16)29-15-7-4-13(8-25)17(23)18(15)24/h4,7,9,11-12,14,33H,2-3,5-6,10H2,1H3,(H2,26,34)(H,29,30)(H,27,28,31)/t11-,12-,14-/m0/s1. The van der Waals surface area contributed by atoms with Gasteiger partial charge in [-0.3, -0.25) is 9.36 Å². The summed E-state index contributed by atoms with van der Waals surface area (Å²) >= 11 is 12.7. The molecule has 2 heterocycles. The number of imidazole rings is 1. The first-order valence-electron chi connectivity index (χ1n) is 10.9. The lowest BCUT2D eigenvalue weighted by molar-refractivity contribution is -0.122. The average molecular weight is 503 g/mol. The molecule has 12 heteroatoms. The van der Waals surface area contributed by atoms with Gasteiger partial charge in [-0.15, -0.1) is 0 Å². The highest BCUT2D eigenvalue weighted by atomic mass is 35.5. The minimum absolute atomic E-state index is 0.00810. The van der Waals surface area contributed by atoms with Crippen molar-refractivity contribution in [1.82, 2.24) is 19.5 Å². The fraction of sp³-hybridized carbons (Fsp3) is 0.409. The summed E-state index contributed by atoms with van der Waals surface area (Å²) in [5.74, 6) is 0.429. The third kappa shape index (κ3) is 4.73. The molecule has 1 aliphatic carbocycles. The number of carbonyl (C=O) groups excluding carboxylic acids is 1. The summed E-state index contributed by atoms with van der Waals surface area (Å²) in [5, 5.41) is 25.2. The van der Waals surface area contributed by atoms with Gasteiger partial charge in [-0.1, -0.05) is 23.2 Å². The number of fused-ring (bicyclic) bond motifs is 1. The first kappa shape index (κ1) is 24.0. The van der Waals surface area contributed by atoms with Crippen LogP contribution in [0.15, 0.2) is 18.3 Å². The van der Waals surface area contributed by atoms with Gasteiger partial charge in [0.25, 0.3) is 0 Å². The highest BCUT2D eigenvalue weighted by Gasteiger charge is 2.29. The molecule has 178 valence electrons. The van der Waals surface area contributed by atoms with Crippen molar-refractivity contribution in [1.29, 1.82) is 5.26 Å². The van der Waals surface area contributed by atoms with Gasteiger partial charge in [-0.05, 0) is 44.7 Å². The number of amides is 1. The number of nitrogens with zero attached hydrogens (tertiary/aromatic N) is 5. The Balaban J connectivity index is 1.76. The van der Waals surface area contributed by atoms with E-state index in [0.29, 0.717) is 41.6 Å². The molecule has 1 amide bonds. The summed E-state index contributed by atoms with van der Waals surface area (Å²) in [5.41, 5.74) is 7.45. The maximum absolute atomic E-state index is 11.7. The van der Waals surface area contributed by atoms with Crippen molar-refractivity contribution >= 4 is 57.9 Å². The van der Waals surface area contributed by atoms with E-state index in [0.717, 1.165) is 12.8 Å². The summed E-state index contributed by atoms with van der Waals surface area (Å²) in [6.45, 7) is 1.75. The van der Waals surface area contributed by atoms with Crippen LogP contribution in [0.2, 0.25) is 10.0 Å². The molecule has 10 nitrogen and oxygen atoms in total. The zero-order valence-electron chi connectivity index (χ0n) is 18.4. The minimum atomic E-state index is -0.280. The molecule has 1 aromatic carbocycles. The molecule has 4 rings (SSSR count). The molecule has 0 bridgehead atoms. The van der Waals surface area contributed by atoms with Crippen molar-refractivity contribution < 1.29 is 9.90 Å². The van der Waals surface area contributed by atoms with E-state index >= 15 is 0 Å². The Morgan fingerprint density at radius 1 is 1.29 bits per heavy atom. The largest absolute Gasteiger partial charge is 0.394 e. The lowest BCUT2D eigenvalue weighted by Crippen LogP contribution is -2.29. The van der Waals surface area contributed by atoms with Crippen LogP contribution >= 0.6 is 23.2 Å². The van der Waals surface area contributed by atoms with Gasteiger partial charge in [0.05, 0.1) is 34.1 Å². The number of aliphatic hydroxyl groups excluding tert-OH is 1. The summed E-state index contributed by atoms with van der Waals surface area (Å²) in [6, 6.07) is 5.04. The second-order valence-corrected chi connectivity index (χ2v) is 9.13. The van der Waals surface area contributed by atoms with Gasteiger partial charge >= 0.3 is 0 Å². The third-order valence-electron chi connectivity index (χ3n) is 6.00. The maximum Gasteiger partial charge on any atom is 0.225 e. The lowest BCUT2D eigenvalue weighted by atomic mass is 9.85. The minimum Gasteiger partial charge on any atom is -0.394 e. The van der Waals surface area contributed by atoms with Gasteiger partial charge in [0, 0.05) is 18.0 Å². The molecule has 0 saturated heterocycles. The number of carbonyl (C=O) groups is 1. The number of halogens is 2. The van der Waals surface area contributed by atoms with Crippen LogP contribution in [0.5, 0.6) is 0 Å². The third-order valence-corrected chi connectivity index (χ3v) is 6.88. The van der Waals surface area contributed by atoms with Gasteiger partial charge in [0.15, 0.2) is 5.65 Å². The Labute approximate surface area is 206 Å². The number of benzene rings is 1. The second-order valence-electron chi connectivity index (χ2n) is 8.37. The van der Waals surface area contributed by atoms with Gasteiger partial charge in [-0.2, -0.15) is 10.2 Å². The van der Waals surface area contributed by atoms with Crippen molar-refractivity contribution in [3.8, 4) is 6.07 Å². The van der Waals surface area contributed by atoms with Gasteiger partial charge in [0.2, 0.25) is 17.8 Å². The monoisotopic (exact) mass is 502 g/mol. The molecule has 3 aromatic rings.